The van der Waals surface area contributed by atoms with Gasteiger partial charge in [-0.1, -0.05) is 0 Å². The van der Waals surface area contributed by atoms with E-state index in [0.29, 0.717) is 0 Å². The fraction of sp³-hybridized carbons (Fsp3) is 0.300. The topological polar surface area (TPSA) is 28.7 Å². The molecule has 1 aliphatic carbocycles. The summed E-state index contributed by atoms with van der Waals surface area (Å²) < 4.78 is 0. The van der Waals surface area contributed by atoms with Gasteiger partial charge >= 0.3 is 0 Å². The van der Waals surface area contributed by atoms with Crippen molar-refractivity contribution < 1.29 is 0 Å². The zero-order chi connectivity index (χ0) is 7.97. The van der Waals surface area contributed by atoms with E-state index in [1.54, 1.807) is 0 Å². The van der Waals surface area contributed by atoms with Gasteiger partial charge in [-0.05, 0) is 42.5 Å². The van der Waals surface area contributed by atoms with Crippen molar-refractivity contribution in [1.29, 1.82) is 0 Å². The number of aromatic nitrogens is 2. The SMILES string of the molecule is c1n[nH]c2cc3c(cc12)CCC3. The summed E-state index contributed by atoms with van der Waals surface area (Å²) in [5.74, 6) is 0. The van der Waals surface area contributed by atoms with Gasteiger partial charge in [0.1, 0.15) is 0 Å². The lowest BCUT2D eigenvalue weighted by Crippen LogP contribution is -1.80. The van der Waals surface area contributed by atoms with Gasteiger partial charge < -0.3 is 0 Å². The van der Waals surface area contributed by atoms with Crippen molar-refractivity contribution in [1.82, 2.24) is 10.2 Å². The van der Waals surface area contributed by atoms with Crippen molar-refractivity contribution in [3.05, 3.63) is 29.5 Å². The molecule has 0 saturated carbocycles. The van der Waals surface area contributed by atoms with E-state index in [9.17, 15) is 0 Å². The molecule has 0 amide bonds. The molecule has 0 unspecified atom stereocenters. The molecule has 0 spiro atoms. The third-order valence-electron chi connectivity index (χ3n) is 2.65. The van der Waals surface area contributed by atoms with E-state index in [4.69, 9.17) is 0 Å². The largest absolute Gasteiger partial charge is 0.278 e. The van der Waals surface area contributed by atoms with Crippen molar-refractivity contribution in [3.8, 4) is 0 Å². The molecule has 2 aromatic rings. The van der Waals surface area contributed by atoms with Crippen molar-refractivity contribution >= 4 is 10.9 Å². The lowest BCUT2D eigenvalue weighted by atomic mass is 10.1. The van der Waals surface area contributed by atoms with Crippen molar-refractivity contribution in [3.63, 3.8) is 0 Å². The average molecular weight is 158 g/mol. The number of H-pyrrole nitrogens is 1. The highest BCUT2D eigenvalue weighted by molar-refractivity contribution is 5.80. The smallest absolute Gasteiger partial charge is 0.0653 e. The molecule has 2 nitrogen and oxygen atoms in total. The molecule has 0 aliphatic heterocycles. The van der Waals surface area contributed by atoms with Gasteiger partial charge in [-0.3, -0.25) is 5.10 Å². The molecular weight excluding hydrogens is 148 g/mol. The Morgan fingerprint density at radius 1 is 1.17 bits per heavy atom. The Kier molecular flexibility index (Phi) is 1.09. The number of rotatable bonds is 0. The van der Waals surface area contributed by atoms with Crippen LogP contribution in [-0.4, -0.2) is 10.2 Å². The van der Waals surface area contributed by atoms with Gasteiger partial charge in [0.05, 0.1) is 11.7 Å². The number of hydrogen-bond acceptors (Lipinski definition) is 1. The van der Waals surface area contributed by atoms with Crippen LogP contribution in [0.1, 0.15) is 17.5 Å². The fourth-order valence-corrected chi connectivity index (χ4v) is 2.02. The number of nitrogens with one attached hydrogen (secondary N) is 1. The summed E-state index contributed by atoms with van der Waals surface area (Å²) in [4.78, 5) is 0. The van der Waals surface area contributed by atoms with Gasteiger partial charge in [0.25, 0.3) is 0 Å². The average Bonchev–Trinajstić information content (AvgIpc) is 2.64. The van der Waals surface area contributed by atoms with E-state index in [1.165, 1.54) is 41.3 Å². The second-order valence-electron chi connectivity index (χ2n) is 3.43. The van der Waals surface area contributed by atoms with E-state index in [1.807, 2.05) is 6.20 Å². The minimum absolute atomic E-state index is 1.18. The molecule has 0 fully saturated rings. The van der Waals surface area contributed by atoms with E-state index in [-0.39, 0.29) is 0 Å². The minimum atomic E-state index is 1.18. The first-order valence-corrected chi connectivity index (χ1v) is 4.38. The molecule has 1 heterocycles. The molecule has 1 N–H and O–H groups in total. The van der Waals surface area contributed by atoms with Gasteiger partial charge in [-0.2, -0.15) is 5.10 Å². The van der Waals surface area contributed by atoms with E-state index in [2.05, 4.69) is 22.3 Å². The van der Waals surface area contributed by atoms with E-state index >= 15 is 0 Å². The molecule has 0 atom stereocenters. The standard InChI is InChI=1S/C10H10N2/c1-2-7-4-9-6-11-12-10(9)5-8(7)3-1/h4-6H,1-3H2,(H,11,12). The molecule has 0 bridgehead atoms. The molecule has 1 aromatic heterocycles. The van der Waals surface area contributed by atoms with Crippen LogP contribution in [0.4, 0.5) is 0 Å². The third kappa shape index (κ3) is 0.721. The normalized spacial score (nSPS) is 15.3. The summed E-state index contributed by atoms with van der Waals surface area (Å²) in [6.45, 7) is 0. The van der Waals surface area contributed by atoms with Crippen LogP contribution in [0.25, 0.3) is 10.9 Å². The molecule has 1 aliphatic rings. The predicted octanol–water partition coefficient (Wildman–Crippen LogP) is 2.05. The maximum absolute atomic E-state index is 4.02. The zero-order valence-electron chi connectivity index (χ0n) is 6.80. The van der Waals surface area contributed by atoms with Crippen LogP contribution >= 0.6 is 0 Å². The Bertz CT molecular complexity index is 390. The van der Waals surface area contributed by atoms with Crippen LogP contribution in [0.2, 0.25) is 0 Å². The lowest BCUT2D eigenvalue weighted by Gasteiger charge is -1.97. The first-order chi connectivity index (χ1) is 5.93. The van der Waals surface area contributed by atoms with Crippen LogP contribution < -0.4 is 0 Å². The number of nitrogens with zero attached hydrogens (tertiary/aromatic N) is 1. The van der Waals surface area contributed by atoms with Crippen molar-refractivity contribution in [2.45, 2.75) is 19.3 Å². The molecule has 12 heavy (non-hydrogen) atoms. The highest BCUT2D eigenvalue weighted by Gasteiger charge is 2.11. The van der Waals surface area contributed by atoms with Crippen LogP contribution in [0.5, 0.6) is 0 Å². The van der Waals surface area contributed by atoms with E-state index in [0.717, 1.165) is 0 Å². The zero-order valence-corrected chi connectivity index (χ0v) is 6.80. The van der Waals surface area contributed by atoms with Crippen LogP contribution in [0.15, 0.2) is 18.3 Å². The summed E-state index contributed by atoms with van der Waals surface area (Å²) in [5.41, 5.74) is 4.20. The maximum Gasteiger partial charge on any atom is 0.0653 e. The fourth-order valence-electron chi connectivity index (χ4n) is 2.02. The van der Waals surface area contributed by atoms with E-state index < -0.39 is 0 Å². The lowest BCUT2D eigenvalue weighted by molar-refractivity contribution is 0.912. The highest BCUT2D eigenvalue weighted by Crippen LogP contribution is 2.25. The van der Waals surface area contributed by atoms with Gasteiger partial charge in [0.2, 0.25) is 0 Å². The minimum Gasteiger partial charge on any atom is -0.278 e. The van der Waals surface area contributed by atoms with Gasteiger partial charge in [-0.15, -0.1) is 0 Å². The van der Waals surface area contributed by atoms with Crippen LogP contribution in [0.3, 0.4) is 0 Å². The first-order valence-electron chi connectivity index (χ1n) is 4.38. The predicted molar refractivity (Wildman–Crippen MR) is 48.1 cm³/mol. The van der Waals surface area contributed by atoms with Crippen molar-refractivity contribution in [2.24, 2.45) is 0 Å². The third-order valence-corrected chi connectivity index (χ3v) is 2.65. The van der Waals surface area contributed by atoms with Crippen LogP contribution in [-0.2, 0) is 12.8 Å². The Morgan fingerprint density at radius 2 is 2.00 bits per heavy atom. The first kappa shape index (κ1) is 6.23. The Labute approximate surface area is 70.6 Å². The molecule has 2 heteroatoms. The second kappa shape index (κ2) is 2.09. The molecule has 0 radical (unpaired) electrons. The molecule has 1 aromatic carbocycles. The Balaban J connectivity index is 2.38. The number of benzene rings is 1. The summed E-state index contributed by atoms with van der Waals surface area (Å²) in [6.07, 6.45) is 5.70. The second-order valence-corrected chi connectivity index (χ2v) is 3.43. The summed E-state index contributed by atoms with van der Waals surface area (Å²) >= 11 is 0. The molecule has 3 rings (SSSR count). The highest BCUT2D eigenvalue weighted by atomic mass is 15.1. The number of aromatic amines is 1. The molecule has 60 valence electrons. The Morgan fingerprint density at radius 3 is 2.92 bits per heavy atom. The molecule has 0 saturated heterocycles. The van der Waals surface area contributed by atoms with Gasteiger partial charge in [0.15, 0.2) is 0 Å². The van der Waals surface area contributed by atoms with Gasteiger partial charge in [0, 0.05) is 5.39 Å². The van der Waals surface area contributed by atoms with Gasteiger partial charge in [-0.25, -0.2) is 0 Å². The summed E-state index contributed by atoms with van der Waals surface area (Å²) in [7, 11) is 0. The quantitative estimate of drug-likeness (QED) is 0.624. The Hall–Kier alpha value is -1.31. The number of aryl methyl sites for hydroxylation is 2. The number of fused-ring (bicyclic) bond motifs is 2. The summed E-state index contributed by atoms with van der Waals surface area (Å²) in [6, 6.07) is 4.51. The maximum atomic E-state index is 4.02. The molecular formula is C10H10N2. The monoisotopic (exact) mass is 158 g/mol. The van der Waals surface area contributed by atoms with Crippen LogP contribution in [0, 0.1) is 0 Å². The van der Waals surface area contributed by atoms with Crippen molar-refractivity contribution in [2.75, 3.05) is 0 Å². The summed E-state index contributed by atoms with van der Waals surface area (Å²) in [5, 5.41) is 8.26. The number of hydrogen-bond donors (Lipinski definition) is 1.